The molecule has 1 saturated carbocycles. The molecule has 0 spiro atoms. The van der Waals surface area contributed by atoms with Crippen LogP contribution < -0.4 is 25.6 Å². The molecule has 2 aliphatic rings. The van der Waals surface area contributed by atoms with Gasteiger partial charge in [-0.2, -0.15) is 0 Å². The van der Waals surface area contributed by atoms with Gasteiger partial charge in [0.1, 0.15) is 0 Å². The molecule has 0 bridgehead atoms. The molecule has 1 fully saturated rings. The number of hydrogen-bond acceptors (Lipinski definition) is 5. The number of halogens is 1. The van der Waals surface area contributed by atoms with Gasteiger partial charge in [0.05, 0.1) is 17.4 Å². The van der Waals surface area contributed by atoms with Crippen LogP contribution in [0.25, 0.3) is 0 Å². The lowest BCUT2D eigenvalue weighted by molar-refractivity contribution is -0.117. The molecule has 8 heteroatoms. The van der Waals surface area contributed by atoms with Gasteiger partial charge in [0.25, 0.3) is 0 Å². The van der Waals surface area contributed by atoms with E-state index in [1.165, 1.54) is 42.9 Å². The van der Waals surface area contributed by atoms with Crippen molar-refractivity contribution < 1.29 is 18.7 Å². The highest BCUT2D eigenvalue weighted by molar-refractivity contribution is 6.02. The zero-order valence-electron chi connectivity index (χ0n) is 18.4. The fraction of sp³-hybridized carbons (Fsp3) is 0.417. The van der Waals surface area contributed by atoms with E-state index in [-0.39, 0.29) is 30.2 Å². The maximum atomic E-state index is 14.1. The van der Waals surface area contributed by atoms with E-state index in [1.54, 1.807) is 11.0 Å². The normalized spacial score (nSPS) is 18.8. The summed E-state index contributed by atoms with van der Waals surface area (Å²) in [7, 11) is 0. The van der Waals surface area contributed by atoms with Crippen LogP contribution in [0.4, 0.5) is 20.6 Å². The number of rotatable bonds is 6. The van der Waals surface area contributed by atoms with E-state index >= 15 is 0 Å². The number of nitrogens with one attached hydrogen (secondary N) is 1. The molecule has 0 aromatic heterocycles. The molecule has 170 valence electrons. The molecule has 3 N–H and O–H groups in total. The van der Waals surface area contributed by atoms with Gasteiger partial charge in [-0.05, 0) is 49.6 Å². The van der Waals surface area contributed by atoms with Crippen molar-refractivity contribution in [1.29, 1.82) is 0 Å². The lowest BCUT2D eigenvalue weighted by Crippen LogP contribution is -2.52. The van der Waals surface area contributed by atoms with Crippen molar-refractivity contribution in [2.24, 2.45) is 5.73 Å². The molecule has 1 aliphatic carbocycles. The number of nitrogens with two attached hydrogens (primary N) is 1. The molecule has 2 aromatic rings. The third-order valence-corrected chi connectivity index (χ3v) is 6.02. The summed E-state index contributed by atoms with van der Waals surface area (Å²) in [5.74, 6) is -0.792. The summed E-state index contributed by atoms with van der Waals surface area (Å²) in [5, 5.41) is 3.50. The number of carbonyl (C=O) groups is 2. The highest BCUT2D eigenvalue weighted by Crippen LogP contribution is 2.38. The summed E-state index contributed by atoms with van der Waals surface area (Å²) in [6.45, 7) is 4.79. The molecule has 2 atom stereocenters. The third kappa shape index (κ3) is 4.61. The van der Waals surface area contributed by atoms with Crippen LogP contribution in [-0.2, 0) is 4.79 Å². The Morgan fingerprint density at radius 2 is 1.97 bits per heavy atom. The van der Waals surface area contributed by atoms with Crippen LogP contribution in [0, 0.1) is 5.82 Å². The van der Waals surface area contributed by atoms with Crippen LogP contribution in [0.2, 0.25) is 0 Å². The average Bonchev–Trinajstić information content (AvgIpc) is 3.59. The lowest BCUT2D eigenvalue weighted by atomic mass is 9.96. The average molecular weight is 441 g/mol. The van der Waals surface area contributed by atoms with E-state index in [0.29, 0.717) is 24.0 Å². The van der Waals surface area contributed by atoms with Gasteiger partial charge in [0.2, 0.25) is 5.91 Å². The minimum absolute atomic E-state index is 0.0652. The maximum absolute atomic E-state index is 14.1. The van der Waals surface area contributed by atoms with Crippen molar-refractivity contribution in [2.75, 3.05) is 29.4 Å². The molecule has 1 aliphatic heterocycles. The second-order valence-electron chi connectivity index (χ2n) is 8.51. The highest BCUT2D eigenvalue weighted by Gasteiger charge is 2.35. The number of nitrogens with zero attached hydrogens (tertiary/aromatic N) is 2. The molecule has 1 unspecified atom stereocenters. The number of carbonyl (C=O) groups excluding carboxylic acids is 2. The van der Waals surface area contributed by atoms with Crippen molar-refractivity contribution in [3.8, 4) is 5.75 Å². The molecule has 4 rings (SSSR count). The Kier molecular flexibility index (Phi) is 6.43. The molecule has 32 heavy (non-hydrogen) atoms. The topological polar surface area (TPSA) is 87.9 Å². The van der Waals surface area contributed by atoms with E-state index in [4.69, 9.17) is 10.5 Å². The summed E-state index contributed by atoms with van der Waals surface area (Å²) >= 11 is 0. The minimum atomic E-state index is -0.691. The summed E-state index contributed by atoms with van der Waals surface area (Å²) in [6, 6.07) is 11.8. The predicted molar refractivity (Wildman–Crippen MR) is 122 cm³/mol. The quantitative estimate of drug-likeness (QED) is 0.719. The first kappa shape index (κ1) is 22.2. The first-order chi connectivity index (χ1) is 15.4. The highest BCUT2D eigenvalue weighted by atomic mass is 19.1. The number of para-hydroxylation sites is 1. The largest absolute Gasteiger partial charge is 0.419 e. The van der Waals surface area contributed by atoms with E-state index in [9.17, 15) is 14.0 Å². The Morgan fingerprint density at radius 1 is 1.22 bits per heavy atom. The van der Waals surface area contributed by atoms with Crippen LogP contribution in [0.5, 0.6) is 5.75 Å². The number of benzene rings is 2. The Hall–Kier alpha value is -2.97. The zero-order valence-corrected chi connectivity index (χ0v) is 18.4. The van der Waals surface area contributed by atoms with E-state index < -0.39 is 11.9 Å². The number of anilines is 2. The molecule has 2 amide bonds. The fourth-order valence-corrected chi connectivity index (χ4v) is 4.16. The summed E-state index contributed by atoms with van der Waals surface area (Å²) in [6.07, 6.45) is 1.68. The molecule has 1 heterocycles. The third-order valence-electron chi connectivity index (χ3n) is 6.02. The van der Waals surface area contributed by atoms with Crippen LogP contribution in [0.3, 0.4) is 0 Å². The Morgan fingerprint density at radius 3 is 2.62 bits per heavy atom. The molecule has 0 radical (unpaired) electrons. The van der Waals surface area contributed by atoms with Crippen molar-refractivity contribution in [2.45, 2.75) is 44.7 Å². The number of ether oxygens (including phenoxy) is 1. The lowest BCUT2D eigenvalue weighted by Gasteiger charge is -2.40. The maximum Gasteiger partial charge on any atom is 0.419 e. The van der Waals surface area contributed by atoms with E-state index in [1.807, 2.05) is 25.1 Å². The first-order valence-corrected chi connectivity index (χ1v) is 11.0. The van der Waals surface area contributed by atoms with Gasteiger partial charge in [-0.1, -0.05) is 18.2 Å². The summed E-state index contributed by atoms with van der Waals surface area (Å²) in [4.78, 5) is 28.6. The molecule has 2 aromatic carbocycles. The smallest absolute Gasteiger partial charge is 0.407 e. The van der Waals surface area contributed by atoms with Gasteiger partial charge in [-0.3, -0.25) is 9.69 Å². The van der Waals surface area contributed by atoms with Crippen molar-refractivity contribution in [3.05, 3.63) is 53.8 Å². The zero-order chi connectivity index (χ0) is 22.8. The molecular weight excluding hydrogens is 411 g/mol. The Bertz CT molecular complexity index is 1010. The van der Waals surface area contributed by atoms with Crippen LogP contribution in [-0.4, -0.2) is 43.7 Å². The second kappa shape index (κ2) is 9.26. The van der Waals surface area contributed by atoms with Crippen LogP contribution in [0.15, 0.2) is 42.5 Å². The SMILES string of the molecule is CC(=O)N1c2ccc(C(CN)CNC3CC3)cc2N(C(=O)Oc2ccccc2F)C[C@@H]1C. The van der Waals surface area contributed by atoms with Gasteiger partial charge in [0, 0.05) is 38.5 Å². The summed E-state index contributed by atoms with van der Waals surface area (Å²) in [5.41, 5.74) is 8.20. The van der Waals surface area contributed by atoms with Crippen LogP contribution in [0.1, 0.15) is 38.2 Å². The van der Waals surface area contributed by atoms with E-state index in [2.05, 4.69) is 5.32 Å². The van der Waals surface area contributed by atoms with Gasteiger partial charge < -0.3 is 20.7 Å². The van der Waals surface area contributed by atoms with Crippen molar-refractivity contribution in [3.63, 3.8) is 0 Å². The van der Waals surface area contributed by atoms with Gasteiger partial charge in [0.15, 0.2) is 11.6 Å². The molecular formula is C24H29FN4O3. The minimum Gasteiger partial charge on any atom is -0.407 e. The van der Waals surface area contributed by atoms with Crippen LogP contribution >= 0.6 is 0 Å². The van der Waals surface area contributed by atoms with Gasteiger partial charge in [-0.25, -0.2) is 9.18 Å². The number of fused-ring (bicyclic) bond motifs is 1. The molecule has 0 saturated heterocycles. The monoisotopic (exact) mass is 440 g/mol. The summed E-state index contributed by atoms with van der Waals surface area (Å²) < 4.78 is 19.4. The van der Waals surface area contributed by atoms with E-state index in [0.717, 1.165) is 12.1 Å². The Labute approximate surface area is 187 Å². The number of hydrogen-bond donors (Lipinski definition) is 2. The second-order valence-corrected chi connectivity index (χ2v) is 8.51. The predicted octanol–water partition coefficient (Wildman–Crippen LogP) is 3.38. The standard InChI is InChI=1S/C24H29FN4O3/c1-15-14-28(24(31)32-23-6-4-3-5-20(23)25)22-11-17(7-10-21(22)29(15)16(2)30)18(12-26)13-27-19-8-9-19/h3-7,10-11,15,18-19,27H,8-9,12-14,26H2,1-2H3/t15-,18?/m0/s1. The van der Waals surface area contributed by atoms with Gasteiger partial charge in [-0.15, -0.1) is 0 Å². The van der Waals surface area contributed by atoms with Crippen molar-refractivity contribution in [1.82, 2.24) is 5.32 Å². The molecule has 7 nitrogen and oxygen atoms in total. The number of amides is 2. The van der Waals surface area contributed by atoms with Crippen molar-refractivity contribution >= 4 is 23.4 Å². The van der Waals surface area contributed by atoms with Gasteiger partial charge >= 0.3 is 6.09 Å². The fourth-order valence-electron chi connectivity index (χ4n) is 4.16. The first-order valence-electron chi connectivity index (χ1n) is 11.0. The Balaban J connectivity index is 1.67.